The molecule has 0 aliphatic carbocycles. The first-order chi connectivity index (χ1) is 16.0. The van der Waals surface area contributed by atoms with Crippen LogP contribution < -0.4 is 9.57 Å². The van der Waals surface area contributed by atoms with Gasteiger partial charge >= 0.3 is 12.4 Å². The number of fused-ring (bicyclic) bond motifs is 2. The molecule has 2 fully saturated rings. The summed E-state index contributed by atoms with van der Waals surface area (Å²) in [7, 11) is 0. The Morgan fingerprint density at radius 1 is 1.03 bits per heavy atom. The second-order valence-corrected chi connectivity index (χ2v) is 8.27. The molecule has 2 bridgehead atoms. The molecular formula is C21H24F6N4O3. The molecule has 0 spiro atoms. The average Bonchev–Trinajstić information content (AvgIpc) is 3.15. The highest BCUT2D eigenvalue weighted by Crippen LogP contribution is 2.38. The van der Waals surface area contributed by atoms with E-state index in [1.807, 2.05) is 0 Å². The molecule has 0 radical (unpaired) electrons. The van der Waals surface area contributed by atoms with Crippen molar-refractivity contribution in [2.45, 2.75) is 76.3 Å². The lowest BCUT2D eigenvalue weighted by molar-refractivity contribution is -0.186. The van der Waals surface area contributed by atoms with Crippen molar-refractivity contribution in [3.63, 3.8) is 0 Å². The summed E-state index contributed by atoms with van der Waals surface area (Å²) in [6.45, 7) is 1.85. The second kappa shape index (κ2) is 9.61. The Morgan fingerprint density at radius 3 is 2.29 bits per heavy atom. The Morgan fingerprint density at radius 2 is 1.74 bits per heavy atom. The fourth-order valence-electron chi connectivity index (χ4n) is 4.32. The number of hydroxylamine groups is 2. The van der Waals surface area contributed by atoms with Crippen LogP contribution >= 0.6 is 0 Å². The molecule has 13 heteroatoms. The Balaban J connectivity index is 1.45. The zero-order valence-corrected chi connectivity index (χ0v) is 18.3. The van der Waals surface area contributed by atoms with Crippen LogP contribution in [0.25, 0.3) is 0 Å². The quantitative estimate of drug-likeness (QED) is 0.501. The minimum Gasteiger partial charge on any atom is -0.474 e. The largest absolute Gasteiger partial charge is 0.474 e. The maximum Gasteiger partial charge on any atom is 0.435 e. The Labute approximate surface area is 191 Å². The minimum atomic E-state index is -4.61. The predicted molar refractivity (Wildman–Crippen MR) is 106 cm³/mol. The molecule has 4 rings (SSSR count). The van der Waals surface area contributed by atoms with Crippen molar-refractivity contribution in [2.24, 2.45) is 0 Å². The van der Waals surface area contributed by atoms with Gasteiger partial charge in [-0.3, -0.25) is 0 Å². The summed E-state index contributed by atoms with van der Waals surface area (Å²) in [6, 6.07) is 2.71. The van der Waals surface area contributed by atoms with Crippen molar-refractivity contribution in [3.05, 3.63) is 35.7 Å². The molecule has 2 atom stereocenters. The molecule has 0 saturated carbocycles. The maximum atomic E-state index is 13.2. The molecule has 2 aromatic heterocycles. The maximum absolute atomic E-state index is 13.2. The molecule has 0 aromatic carbocycles. The zero-order chi connectivity index (χ0) is 24.5. The third-order valence-electron chi connectivity index (χ3n) is 5.87. The highest BCUT2D eigenvalue weighted by Gasteiger charge is 2.42. The molecule has 4 heterocycles. The average molecular weight is 494 g/mol. The Bertz CT molecular complexity index is 949. The number of halogens is 6. The van der Waals surface area contributed by atoms with Crippen LogP contribution in [0.5, 0.6) is 11.8 Å². The van der Waals surface area contributed by atoms with Crippen LogP contribution in [0.4, 0.5) is 26.3 Å². The number of hydrogen-bond donors (Lipinski definition) is 0. The zero-order valence-electron chi connectivity index (χ0n) is 18.3. The molecule has 2 saturated heterocycles. The normalized spacial score (nSPS) is 23.7. The van der Waals surface area contributed by atoms with E-state index in [-0.39, 0.29) is 36.7 Å². The van der Waals surface area contributed by atoms with Gasteiger partial charge < -0.3 is 14.3 Å². The van der Waals surface area contributed by atoms with Gasteiger partial charge in [-0.25, -0.2) is 9.67 Å². The number of ether oxygens (including phenoxy) is 2. The number of alkyl halides is 6. The van der Waals surface area contributed by atoms with Gasteiger partial charge in [0.25, 0.3) is 0 Å². The molecular weight excluding hydrogens is 470 g/mol. The van der Waals surface area contributed by atoms with Crippen molar-refractivity contribution < 1.29 is 40.7 Å². The summed E-state index contributed by atoms with van der Waals surface area (Å²) in [4.78, 5) is 9.60. The van der Waals surface area contributed by atoms with Gasteiger partial charge in [0.2, 0.25) is 11.8 Å². The van der Waals surface area contributed by atoms with Crippen molar-refractivity contribution in [3.8, 4) is 11.8 Å². The van der Waals surface area contributed by atoms with Crippen LogP contribution in [-0.2, 0) is 23.8 Å². The van der Waals surface area contributed by atoms with Gasteiger partial charge in [0.05, 0.1) is 5.56 Å². The summed E-state index contributed by atoms with van der Waals surface area (Å²) in [5.41, 5.74) is -1.93. The van der Waals surface area contributed by atoms with Crippen molar-refractivity contribution in [1.29, 1.82) is 0 Å². The molecule has 2 aliphatic heterocycles. The van der Waals surface area contributed by atoms with Gasteiger partial charge in [0.1, 0.15) is 12.8 Å². The lowest BCUT2D eigenvalue weighted by atomic mass is 9.84. The van der Waals surface area contributed by atoms with Crippen molar-refractivity contribution in [2.75, 3.05) is 6.61 Å². The van der Waals surface area contributed by atoms with E-state index in [2.05, 4.69) is 10.1 Å². The van der Waals surface area contributed by atoms with Crippen LogP contribution in [0.15, 0.2) is 24.4 Å². The first kappa shape index (κ1) is 24.6. The third kappa shape index (κ3) is 5.57. The summed E-state index contributed by atoms with van der Waals surface area (Å²) in [5.74, 6) is 0.0245. The summed E-state index contributed by atoms with van der Waals surface area (Å²) in [6.07, 6.45) is -5.38. The van der Waals surface area contributed by atoms with E-state index in [0.29, 0.717) is 19.4 Å². The smallest absolute Gasteiger partial charge is 0.435 e. The molecule has 34 heavy (non-hydrogen) atoms. The molecule has 0 unspecified atom stereocenters. The fraction of sp³-hybridized carbons (Fsp3) is 0.619. The summed E-state index contributed by atoms with van der Waals surface area (Å²) < 4.78 is 90.0. The minimum absolute atomic E-state index is 0.0253. The van der Waals surface area contributed by atoms with Crippen LogP contribution in [0.2, 0.25) is 0 Å². The molecule has 2 aliphatic rings. The highest BCUT2D eigenvalue weighted by atomic mass is 19.4. The van der Waals surface area contributed by atoms with Gasteiger partial charge in [-0.15, -0.1) is 5.06 Å². The van der Waals surface area contributed by atoms with E-state index in [4.69, 9.17) is 14.3 Å². The monoisotopic (exact) mass is 494 g/mol. The molecule has 188 valence electrons. The molecule has 0 N–H and O–H groups in total. The Kier molecular flexibility index (Phi) is 6.94. The van der Waals surface area contributed by atoms with E-state index in [1.165, 1.54) is 6.07 Å². The first-order valence-corrected chi connectivity index (χ1v) is 10.9. The van der Waals surface area contributed by atoms with Crippen LogP contribution in [-0.4, -0.2) is 44.6 Å². The molecule has 2 aromatic rings. The number of hydrogen-bond acceptors (Lipinski definition) is 6. The topological polar surface area (TPSA) is 61.6 Å². The van der Waals surface area contributed by atoms with Gasteiger partial charge in [0.15, 0.2) is 5.69 Å². The number of aromatic nitrogens is 3. The van der Waals surface area contributed by atoms with E-state index in [0.717, 1.165) is 42.3 Å². The van der Waals surface area contributed by atoms with Gasteiger partial charge in [-0.2, -0.15) is 31.4 Å². The van der Waals surface area contributed by atoms with Gasteiger partial charge in [0, 0.05) is 49.9 Å². The first-order valence-electron chi connectivity index (χ1n) is 10.9. The van der Waals surface area contributed by atoms with Crippen molar-refractivity contribution in [1.82, 2.24) is 19.8 Å². The van der Waals surface area contributed by atoms with E-state index in [1.54, 1.807) is 12.0 Å². The van der Waals surface area contributed by atoms with Gasteiger partial charge in [-0.05, 0) is 25.8 Å². The van der Waals surface area contributed by atoms with Crippen LogP contribution in [0.3, 0.4) is 0 Å². The van der Waals surface area contributed by atoms with Crippen LogP contribution in [0.1, 0.15) is 50.3 Å². The second-order valence-electron chi connectivity index (χ2n) is 8.27. The standard InChI is InChI=1S/C21H24F6N4O3/c1-2-32-12-30-19(10-17(29-30)21(25,26)27)33-16-8-14-4-3-5-15(9-16)31(14)34-18-7-6-13(11-28-18)20(22,23)24/h6-7,10-11,14-16H,2-5,8-9,12H2,1H3/t14-,15-/m1/s1. The van der Waals surface area contributed by atoms with E-state index in [9.17, 15) is 26.3 Å². The van der Waals surface area contributed by atoms with E-state index >= 15 is 0 Å². The highest BCUT2D eigenvalue weighted by molar-refractivity contribution is 5.21. The van der Waals surface area contributed by atoms with Crippen molar-refractivity contribution >= 4 is 0 Å². The third-order valence-corrected chi connectivity index (χ3v) is 5.87. The lowest BCUT2D eigenvalue weighted by Crippen LogP contribution is -2.56. The lowest BCUT2D eigenvalue weighted by Gasteiger charge is -2.46. The number of rotatable bonds is 7. The number of pyridine rings is 1. The molecule has 0 amide bonds. The molecule has 7 nitrogen and oxygen atoms in total. The van der Waals surface area contributed by atoms with Gasteiger partial charge in [-0.1, -0.05) is 6.42 Å². The fourth-order valence-corrected chi connectivity index (χ4v) is 4.32. The number of nitrogens with zero attached hydrogens (tertiary/aromatic N) is 4. The SMILES string of the molecule is CCOCn1nc(C(F)(F)F)cc1OC1C[C@H]2CCC[C@H](C1)N2Oc1ccc(C(F)(F)F)cn1. The van der Waals surface area contributed by atoms with E-state index < -0.39 is 23.6 Å². The summed E-state index contributed by atoms with van der Waals surface area (Å²) >= 11 is 0. The Hall–Kier alpha value is -2.54. The predicted octanol–water partition coefficient (Wildman–Crippen LogP) is 5.07. The van der Waals surface area contributed by atoms with Crippen LogP contribution in [0, 0.1) is 0 Å². The summed E-state index contributed by atoms with van der Waals surface area (Å²) in [5, 5.41) is 5.30. The number of piperidine rings is 2.